The molecule has 0 saturated carbocycles. The van der Waals surface area contributed by atoms with E-state index >= 15 is 0 Å². The van der Waals surface area contributed by atoms with Gasteiger partial charge in [-0.3, -0.25) is 0 Å². The summed E-state index contributed by atoms with van der Waals surface area (Å²) >= 11 is 0. The second-order valence-electron chi connectivity index (χ2n) is 30.3. The largest absolute Gasteiger partial charge is 0.307 e. The van der Waals surface area contributed by atoms with E-state index in [0.717, 1.165) is 84.6 Å². The molecule has 12 aromatic carbocycles. The van der Waals surface area contributed by atoms with E-state index in [9.17, 15) is 0 Å². The molecular formula is C112H89Ir3N9-6. The van der Waals surface area contributed by atoms with Crippen LogP contribution >= 0.6 is 0 Å². The Balaban J connectivity index is 0.000000130. The Bertz CT molecular complexity index is 6500. The summed E-state index contributed by atoms with van der Waals surface area (Å²) in [5.41, 5.74) is 32.5. The number of rotatable bonds is 10. The van der Waals surface area contributed by atoms with Crippen molar-refractivity contribution in [2.45, 2.75) is 68.2 Å². The number of pyridine rings is 6. The molecule has 0 fully saturated rings. The number of benzene rings is 12. The maximum absolute atomic E-state index is 4.73. The molecule has 0 aliphatic rings. The standard InChI is InChI=1S/3C24H17N2.C15H16N.C13H12N.C12H10N.3Ir/c3*1-17-15-21(18-9-3-2-4-10-18)25-16-24(17)26-22-13-7-5-11-19(22)20-12-6-8-14-23(20)26;1-11(2)14-10-16-15(9-12(14)3)13-7-5-4-6-8-13;1-10-8-13(14-9-11(10)2)12-6-4-3-5-7-12;1-10-7-8-13-12(9-10)11-5-3-2-4-6-11;;;/h3*2-9,11-16H,1H3;4-7,9-11H,1-3H3;3-6,8-9H,1-2H3;2-5,7-9H,1H3;;;/q6*-1;;;. The Morgan fingerprint density at radius 1 is 0.226 bits per heavy atom. The summed E-state index contributed by atoms with van der Waals surface area (Å²) in [6.07, 6.45) is 11.6. The predicted octanol–water partition coefficient (Wildman–Crippen LogP) is 27.9. The van der Waals surface area contributed by atoms with E-state index < -0.39 is 0 Å². The van der Waals surface area contributed by atoms with E-state index in [1.165, 1.54) is 110 Å². The maximum Gasteiger partial charge on any atom is 0.0657 e. The van der Waals surface area contributed by atoms with Gasteiger partial charge >= 0.3 is 0 Å². The van der Waals surface area contributed by atoms with E-state index in [1.54, 1.807) is 0 Å². The van der Waals surface area contributed by atoms with Gasteiger partial charge in [0.1, 0.15) is 0 Å². The smallest absolute Gasteiger partial charge is 0.0657 e. The molecule has 0 spiro atoms. The Labute approximate surface area is 767 Å². The summed E-state index contributed by atoms with van der Waals surface area (Å²) in [7, 11) is 0. The molecule has 9 heterocycles. The fourth-order valence-corrected chi connectivity index (χ4v) is 15.4. The minimum absolute atomic E-state index is 0. The van der Waals surface area contributed by atoms with Crippen molar-refractivity contribution in [1.82, 2.24) is 43.6 Å². The van der Waals surface area contributed by atoms with Crippen LogP contribution in [0.3, 0.4) is 0 Å². The zero-order valence-corrected chi connectivity index (χ0v) is 77.5. The zero-order chi connectivity index (χ0) is 83.1. The van der Waals surface area contributed by atoms with Crippen molar-refractivity contribution in [3.8, 4) is 84.6 Å². The quantitative estimate of drug-likeness (QED) is 0.127. The monoisotopic (exact) mass is 2140 g/mol. The second kappa shape index (κ2) is 41.6. The van der Waals surface area contributed by atoms with Gasteiger partial charge in [0, 0.05) is 130 Å². The number of hydrogen-bond donors (Lipinski definition) is 0. The van der Waals surface area contributed by atoms with Gasteiger partial charge in [0.2, 0.25) is 0 Å². The van der Waals surface area contributed by atoms with E-state index in [2.05, 4.69) is 309 Å². The fourth-order valence-electron chi connectivity index (χ4n) is 15.4. The number of hydrogen-bond acceptors (Lipinski definition) is 6. The molecule has 0 amide bonds. The molecule has 0 aliphatic carbocycles. The molecule has 3 radical (unpaired) electrons. The molecule has 0 N–H and O–H groups in total. The van der Waals surface area contributed by atoms with Crippen LogP contribution in [0.15, 0.2) is 371 Å². The van der Waals surface area contributed by atoms with Crippen molar-refractivity contribution < 1.29 is 60.3 Å². The van der Waals surface area contributed by atoms with Gasteiger partial charge < -0.3 is 43.6 Å². The molecular weight excluding hydrogens is 2050 g/mol. The van der Waals surface area contributed by atoms with Crippen molar-refractivity contribution in [2.75, 3.05) is 0 Å². The van der Waals surface area contributed by atoms with Gasteiger partial charge in [-0.25, -0.2) is 0 Å². The van der Waals surface area contributed by atoms with Crippen LogP contribution in [0.2, 0.25) is 0 Å². The fraction of sp³-hybridized carbons (Fsp3) is 0.0893. The third kappa shape index (κ3) is 20.0. The number of nitrogens with zero attached hydrogens (tertiary/aromatic N) is 9. The normalized spacial score (nSPS) is 10.7. The molecule has 9 aromatic heterocycles. The minimum atomic E-state index is 0. The van der Waals surface area contributed by atoms with Crippen LogP contribution in [0, 0.1) is 84.9 Å². The number of aromatic nitrogens is 9. The topological polar surface area (TPSA) is 92.1 Å². The minimum Gasteiger partial charge on any atom is -0.307 e. The molecule has 21 rings (SSSR count). The molecule has 9 nitrogen and oxygen atoms in total. The van der Waals surface area contributed by atoms with Gasteiger partial charge in [-0.2, -0.15) is 0 Å². The summed E-state index contributed by atoms with van der Waals surface area (Å²) in [5.74, 6) is 0.529. The zero-order valence-electron chi connectivity index (χ0n) is 70.3. The summed E-state index contributed by atoms with van der Waals surface area (Å²) < 4.78 is 6.93. The van der Waals surface area contributed by atoms with Crippen molar-refractivity contribution in [2.24, 2.45) is 0 Å². The number of para-hydroxylation sites is 6. The van der Waals surface area contributed by atoms with E-state index in [1.807, 2.05) is 189 Å². The average molecular weight is 2140 g/mol. The van der Waals surface area contributed by atoms with Crippen molar-refractivity contribution in [3.63, 3.8) is 0 Å². The van der Waals surface area contributed by atoms with Gasteiger partial charge in [-0.05, 0) is 159 Å². The van der Waals surface area contributed by atoms with Crippen LogP contribution in [0.4, 0.5) is 0 Å². The Morgan fingerprint density at radius 3 is 0.694 bits per heavy atom. The predicted molar refractivity (Wildman–Crippen MR) is 501 cm³/mol. The number of aryl methyl sites for hydroxylation is 7. The first-order chi connectivity index (χ1) is 59.3. The summed E-state index contributed by atoms with van der Waals surface area (Å²) in [4.78, 5) is 27.3. The molecule has 615 valence electrons. The molecule has 12 heteroatoms. The molecule has 124 heavy (non-hydrogen) atoms. The van der Waals surface area contributed by atoms with Crippen LogP contribution in [0.25, 0.3) is 150 Å². The summed E-state index contributed by atoms with van der Waals surface area (Å²) in [6, 6.07) is 133. The van der Waals surface area contributed by atoms with Gasteiger partial charge in [0.25, 0.3) is 0 Å². The molecule has 0 atom stereocenters. The van der Waals surface area contributed by atoms with E-state index in [0.29, 0.717) is 5.92 Å². The SMILES string of the molecule is Cc1cc(-c2[c-]cccc2)ncc1-n1c2ccccc2c2ccccc21.Cc1cc(-c2[c-]cccc2)ncc1-n1c2ccccc2c2ccccc21.Cc1cc(-c2[c-]cccc2)ncc1-n1c2ccccc2c2ccccc21.Cc1cc(-c2[c-]cccc2)ncc1C(C)C.Cc1ccnc(-c2[c-]cccc2)c1.Cc1cnc(-c2[c-]cccc2)cc1C.[Ir].[Ir].[Ir]. The first kappa shape index (κ1) is 88.7. The third-order valence-electron chi connectivity index (χ3n) is 21.7. The summed E-state index contributed by atoms with van der Waals surface area (Å²) in [6.45, 7) is 19.2. The van der Waals surface area contributed by atoms with E-state index in [4.69, 9.17) is 15.0 Å². The van der Waals surface area contributed by atoms with Crippen molar-refractivity contribution in [1.29, 1.82) is 0 Å². The van der Waals surface area contributed by atoms with Crippen molar-refractivity contribution in [3.05, 3.63) is 452 Å². The Kier molecular flexibility index (Phi) is 29.8. The van der Waals surface area contributed by atoms with Crippen molar-refractivity contribution >= 4 is 65.4 Å². The molecule has 21 aromatic rings. The van der Waals surface area contributed by atoms with Crippen LogP contribution < -0.4 is 0 Å². The van der Waals surface area contributed by atoms with E-state index in [-0.39, 0.29) is 60.3 Å². The van der Waals surface area contributed by atoms with Gasteiger partial charge in [0.05, 0.1) is 50.2 Å². The number of fused-ring (bicyclic) bond motifs is 9. The first-order valence-electron chi connectivity index (χ1n) is 40.8. The van der Waals surface area contributed by atoms with Gasteiger partial charge in [0.15, 0.2) is 0 Å². The van der Waals surface area contributed by atoms with Crippen LogP contribution in [0.1, 0.15) is 64.3 Å². The Morgan fingerprint density at radius 2 is 0.460 bits per heavy atom. The molecule has 0 unspecified atom stereocenters. The van der Waals surface area contributed by atoms with Crippen LogP contribution in [-0.4, -0.2) is 43.6 Å². The van der Waals surface area contributed by atoms with Crippen LogP contribution in [-0.2, 0) is 60.3 Å². The average Bonchev–Trinajstić information content (AvgIpc) is 1.61. The molecule has 0 saturated heterocycles. The van der Waals surface area contributed by atoms with Gasteiger partial charge in [-0.1, -0.05) is 176 Å². The van der Waals surface area contributed by atoms with Crippen LogP contribution in [0.5, 0.6) is 0 Å². The summed E-state index contributed by atoms with van der Waals surface area (Å²) in [5, 5.41) is 7.60. The maximum atomic E-state index is 4.73. The molecule has 0 aliphatic heterocycles. The molecule has 0 bridgehead atoms. The first-order valence-corrected chi connectivity index (χ1v) is 40.8. The second-order valence-corrected chi connectivity index (χ2v) is 30.3. The van der Waals surface area contributed by atoms with Gasteiger partial charge in [-0.15, -0.1) is 215 Å². The Hall–Kier alpha value is -13.1. The third-order valence-corrected chi connectivity index (χ3v) is 21.7.